The lowest BCUT2D eigenvalue weighted by Crippen LogP contribution is -2.07. The van der Waals surface area contributed by atoms with Crippen LogP contribution in [0.4, 0.5) is 5.13 Å². The molecule has 0 unspecified atom stereocenters. The number of nitrogens with one attached hydrogen (secondary N) is 1. The van der Waals surface area contributed by atoms with Gasteiger partial charge in [-0.05, 0) is 57.4 Å². The van der Waals surface area contributed by atoms with E-state index in [2.05, 4.69) is 31.4 Å². The quantitative estimate of drug-likeness (QED) is 0.509. The summed E-state index contributed by atoms with van der Waals surface area (Å²) < 4.78 is 6.01. The van der Waals surface area contributed by atoms with Crippen LogP contribution in [0.5, 0.6) is 5.75 Å². The average Bonchev–Trinajstić information content (AvgIpc) is 3.09. The maximum Gasteiger partial charge on any atom is 0.250 e. The Kier molecular flexibility index (Phi) is 6.60. The molecule has 0 saturated carbocycles. The monoisotopic (exact) mass is 463 g/mol. The number of nitrogens with zero attached hydrogens (tertiary/aromatic N) is 2. The number of anilines is 1. The summed E-state index contributed by atoms with van der Waals surface area (Å²) in [5.41, 5.74) is 1.96. The number of aromatic nitrogens is 2. The predicted octanol–water partition coefficient (Wildman–Crippen LogP) is 5.21. The normalized spacial score (nSPS) is 10.9. The van der Waals surface area contributed by atoms with Gasteiger partial charge in [0.2, 0.25) is 11.0 Å². The van der Waals surface area contributed by atoms with Crippen molar-refractivity contribution in [2.24, 2.45) is 0 Å². The van der Waals surface area contributed by atoms with Crippen molar-refractivity contribution in [2.75, 3.05) is 12.4 Å². The number of carbonyl (C=O) groups is 1. The second kappa shape index (κ2) is 9.12. The van der Waals surface area contributed by atoms with E-state index in [-0.39, 0.29) is 5.91 Å². The second-order valence-corrected chi connectivity index (χ2v) is 7.87. The molecule has 27 heavy (non-hydrogen) atoms. The molecule has 5 nitrogen and oxygen atoms in total. The summed E-state index contributed by atoms with van der Waals surface area (Å²) in [5, 5.41) is 12.8. The summed E-state index contributed by atoms with van der Waals surface area (Å²) >= 11 is 10.6. The van der Waals surface area contributed by atoms with E-state index in [0.717, 1.165) is 26.4 Å². The zero-order valence-electron chi connectivity index (χ0n) is 14.3. The Morgan fingerprint density at radius 2 is 2.04 bits per heavy atom. The van der Waals surface area contributed by atoms with Gasteiger partial charge in [0.25, 0.3) is 0 Å². The highest BCUT2D eigenvalue weighted by molar-refractivity contribution is 9.10. The van der Waals surface area contributed by atoms with Crippen LogP contribution in [0.1, 0.15) is 16.1 Å². The highest BCUT2D eigenvalue weighted by Crippen LogP contribution is 2.26. The first-order chi connectivity index (χ1) is 13.0. The van der Waals surface area contributed by atoms with Gasteiger partial charge in [0, 0.05) is 17.5 Å². The number of carbonyl (C=O) groups excluding carboxylic acids is 1. The van der Waals surface area contributed by atoms with E-state index < -0.39 is 0 Å². The van der Waals surface area contributed by atoms with Crippen LogP contribution < -0.4 is 10.1 Å². The molecule has 0 fully saturated rings. The van der Waals surface area contributed by atoms with Crippen LogP contribution in [0.25, 0.3) is 6.08 Å². The van der Waals surface area contributed by atoms with Gasteiger partial charge in [-0.1, -0.05) is 41.1 Å². The molecule has 2 aromatic carbocycles. The van der Waals surface area contributed by atoms with Crippen LogP contribution in [0.3, 0.4) is 0 Å². The minimum Gasteiger partial charge on any atom is -0.496 e. The predicted molar refractivity (Wildman–Crippen MR) is 113 cm³/mol. The molecule has 0 aliphatic rings. The Morgan fingerprint density at radius 1 is 1.26 bits per heavy atom. The van der Waals surface area contributed by atoms with E-state index in [1.807, 2.05) is 42.5 Å². The van der Waals surface area contributed by atoms with Crippen LogP contribution in [0, 0.1) is 0 Å². The Morgan fingerprint density at radius 3 is 2.74 bits per heavy atom. The van der Waals surface area contributed by atoms with E-state index >= 15 is 0 Å². The summed E-state index contributed by atoms with van der Waals surface area (Å²) in [6.45, 7) is 0. The second-order valence-electron chi connectivity index (χ2n) is 5.52. The van der Waals surface area contributed by atoms with E-state index in [4.69, 9.17) is 16.3 Å². The zero-order chi connectivity index (χ0) is 19.2. The summed E-state index contributed by atoms with van der Waals surface area (Å²) in [6.07, 6.45) is 3.81. The Labute approximate surface area is 174 Å². The van der Waals surface area contributed by atoms with Crippen LogP contribution in [-0.4, -0.2) is 23.2 Å². The molecule has 0 spiro atoms. The zero-order valence-corrected chi connectivity index (χ0v) is 17.4. The number of methoxy groups -OCH3 is 1. The summed E-state index contributed by atoms with van der Waals surface area (Å²) in [6, 6.07) is 13.1. The lowest BCUT2D eigenvalue weighted by molar-refractivity contribution is -0.111. The molecule has 1 heterocycles. The highest BCUT2D eigenvalue weighted by Gasteiger charge is 2.07. The Balaban J connectivity index is 1.58. The molecule has 0 aliphatic heterocycles. The summed E-state index contributed by atoms with van der Waals surface area (Å²) in [5.74, 6) is 0.467. The molecule has 1 N–H and O–H groups in total. The van der Waals surface area contributed by atoms with Crippen molar-refractivity contribution in [2.45, 2.75) is 6.42 Å². The lowest BCUT2D eigenvalue weighted by Gasteiger charge is -2.03. The van der Waals surface area contributed by atoms with Crippen LogP contribution in [-0.2, 0) is 11.2 Å². The van der Waals surface area contributed by atoms with Crippen molar-refractivity contribution in [1.82, 2.24) is 10.2 Å². The molecule has 0 saturated heterocycles. The van der Waals surface area contributed by atoms with Crippen molar-refractivity contribution >= 4 is 56.0 Å². The Hall–Kier alpha value is -2.22. The van der Waals surface area contributed by atoms with Crippen LogP contribution in [0.15, 0.2) is 53.0 Å². The molecule has 0 aliphatic carbocycles. The first-order valence-electron chi connectivity index (χ1n) is 7.93. The van der Waals surface area contributed by atoms with Crippen LogP contribution >= 0.6 is 38.9 Å². The fraction of sp³-hybridized carbons (Fsp3) is 0.105. The van der Waals surface area contributed by atoms with Crippen molar-refractivity contribution < 1.29 is 9.53 Å². The molecule has 0 bridgehead atoms. The van der Waals surface area contributed by atoms with Crippen molar-refractivity contribution in [1.29, 1.82) is 0 Å². The number of rotatable bonds is 6. The van der Waals surface area contributed by atoms with Crippen molar-refractivity contribution in [3.63, 3.8) is 0 Å². The highest BCUT2D eigenvalue weighted by atomic mass is 79.9. The molecule has 0 radical (unpaired) electrons. The number of hydrogen-bond donors (Lipinski definition) is 1. The molecule has 1 aromatic heterocycles. The van der Waals surface area contributed by atoms with Crippen LogP contribution in [0.2, 0.25) is 5.02 Å². The van der Waals surface area contributed by atoms with E-state index in [9.17, 15) is 4.79 Å². The van der Waals surface area contributed by atoms with Gasteiger partial charge in [-0.25, -0.2) is 0 Å². The first kappa shape index (κ1) is 19.5. The fourth-order valence-electron chi connectivity index (χ4n) is 2.26. The number of amides is 1. The molecular weight excluding hydrogens is 450 g/mol. The average molecular weight is 465 g/mol. The molecule has 3 aromatic rings. The van der Waals surface area contributed by atoms with Crippen molar-refractivity contribution in [3.8, 4) is 5.75 Å². The topological polar surface area (TPSA) is 64.1 Å². The fourth-order valence-corrected chi connectivity index (χ4v) is 3.72. The number of hydrogen-bond acceptors (Lipinski definition) is 5. The third-order valence-electron chi connectivity index (χ3n) is 3.57. The molecule has 0 atom stereocenters. The first-order valence-corrected chi connectivity index (χ1v) is 9.91. The van der Waals surface area contributed by atoms with Gasteiger partial charge in [0.15, 0.2) is 0 Å². The molecule has 8 heteroatoms. The molecule has 3 rings (SSSR count). The maximum atomic E-state index is 12.1. The van der Waals surface area contributed by atoms with Gasteiger partial charge in [-0.3, -0.25) is 10.1 Å². The number of benzene rings is 2. The van der Waals surface area contributed by atoms with E-state index in [1.165, 1.54) is 17.4 Å². The lowest BCUT2D eigenvalue weighted by atomic mass is 10.2. The number of ether oxygens (including phenoxy) is 1. The summed E-state index contributed by atoms with van der Waals surface area (Å²) in [4.78, 5) is 12.1. The molecule has 138 valence electrons. The van der Waals surface area contributed by atoms with Gasteiger partial charge >= 0.3 is 0 Å². The minimum atomic E-state index is -0.267. The van der Waals surface area contributed by atoms with Crippen molar-refractivity contribution in [3.05, 3.63) is 74.2 Å². The molecular formula is C19H15BrClN3O2S. The molecule has 1 amide bonds. The summed E-state index contributed by atoms with van der Waals surface area (Å²) in [7, 11) is 1.60. The van der Waals surface area contributed by atoms with Gasteiger partial charge in [-0.15, -0.1) is 10.2 Å². The standard InChI is InChI=1S/C19H15BrClN3O2S/c1-26-16-8-4-12(10-15(16)20)5-9-17(25)22-19-24-23-18(27-19)11-13-2-6-14(21)7-3-13/h2-10H,11H2,1H3,(H,22,24,25)/b9-5+. The number of halogens is 2. The van der Waals surface area contributed by atoms with Gasteiger partial charge in [-0.2, -0.15) is 0 Å². The third kappa shape index (κ3) is 5.63. The third-order valence-corrected chi connectivity index (χ3v) is 5.28. The maximum absolute atomic E-state index is 12.1. The van der Waals surface area contributed by atoms with Gasteiger partial charge in [0.05, 0.1) is 11.6 Å². The van der Waals surface area contributed by atoms with E-state index in [1.54, 1.807) is 13.2 Å². The van der Waals surface area contributed by atoms with Gasteiger partial charge in [0.1, 0.15) is 10.8 Å². The largest absolute Gasteiger partial charge is 0.496 e. The Bertz CT molecular complexity index is 973. The smallest absolute Gasteiger partial charge is 0.250 e. The van der Waals surface area contributed by atoms with E-state index in [0.29, 0.717) is 16.6 Å². The minimum absolute atomic E-state index is 0.267. The SMILES string of the molecule is COc1ccc(/C=C/C(=O)Nc2nnc(Cc3ccc(Cl)cc3)s2)cc1Br. The van der Waals surface area contributed by atoms with Gasteiger partial charge < -0.3 is 4.74 Å².